The lowest BCUT2D eigenvalue weighted by Gasteiger charge is -2.12. The number of aliphatic hydroxyl groups is 1. The summed E-state index contributed by atoms with van der Waals surface area (Å²) >= 11 is 0. The summed E-state index contributed by atoms with van der Waals surface area (Å²) in [6.07, 6.45) is 2.20. The maximum Gasteiger partial charge on any atom is 0.126 e. The Morgan fingerprint density at radius 2 is 2.43 bits per heavy atom. The van der Waals surface area contributed by atoms with E-state index < -0.39 is 0 Å². The van der Waals surface area contributed by atoms with Crippen LogP contribution in [0.25, 0.3) is 0 Å². The maximum atomic E-state index is 8.69. The van der Waals surface area contributed by atoms with E-state index in [9.17, 15) is 0 Å². The van der Waals surface area contributed by atoms with E-state index in [4.69, 9.17) is 10.4 Å². The third-order valence-electron chi connectivity index (χ3n) is 1.85. The average molecular weight is 191 g/mol. The van der Waals surface area contributed by atoms with Gasteiger partial charge in [0.2, 0.25) is 0 Å². The highest BCUT2D eigenvalue weighted by Gasteiger charge is 2.01. The number of pyridine rings is 1. The topological polar surface area (TPSA) is 68.9 Å². The molecule has 0 radical (unpaired) electrons. The molecule has 0 bridgehead atoms. The van der Waals surface area contributed by atoms with Gasteiger partial charge in [-0.05, 0) is 25.5 Å². The molecule has 1 heterocycles. The Morgan fingerprint density at radius 1 is 1.64 bits per heavy atom. The fourth-order valence-corrected chi connectivity index (χ4v) is 1.06. The molecule has 0 saturated heterocycles. The van der Waals surface area contributed by atoms with Crippen molar-refractivity contribution < 1.29 is 5.11 Å². The van der Waals surface area contributed by atoms with E-state index in [1.165, 1.54) is 6.20 Å². The molecule has 1 aromatic rings. The largest absolute Gasteiger partial charge is 0.396 e. The van der Waals surface area contributed by atoms with Gasteiger partial charge in [-0.2, -0.15) is 5.26 Å². The van der Waals surface area contributed by atoms with Gasteiger partial charge in [0, 0.05) is 18.8 Å². The van der Waals surface area contributed by atoms with Crippen molar-refractivity contribution in [1.29, 1.82) is 5.26 Å². The molecular weight excluding hydrogens is 178 g/mol. The molecule has 74 valence electrons. The number of hydrogen-bond acceptors (Lipinski definition) is 4. The second-order valence-electron chi connectivity index (χ2n) is 3.10. The summed E-state index contributed by atoms with van der Waals surface area (Å²) < 4.78 is 0. The molecular formula is C10H13N3O. The standard InChI is InChI=1S/C10H13N3O/c1-8(4-5-14)13-10-3-2-9(6-11)7-12-10/h2-3,7-8,14H,4-5H2,1H3,(H,12,13). The molecule has 14 heavy (non-hydrogen) atoms. The number of nitrogens with one attached hydrogen (secondary N) is 1. The van der Waals surface area contributed by atoms with E-state index in [-0.39, 0.29) is 12.6 Å². The van der Waals surface area contributed by atoms with Crippen LogP contribution in [0.15, 0.2) is 18.3 Å². The van der Waals surface area contributed by atoms with E-state index in [1.807, 2.05) is 13.0 Å². The average Bonchev–Trinajstić information content (AvgIpc) is 2.19. The Bertz CT molecular complexity index is 315. The molecule has 4 nitrogen and oxygen atoms in total. The van der Waals surface area contributed by atoms with Crippen LogP contribution in [0.3, 0.4) is 0 Å². The number of anilines is 1. The Balaban J connectivity index is 2.56. The Morgan fingerprint density at radius 3 is 2.93 bits per heavy atom. The first-order chi connectivity index (χ1) is 6.76. The monoisotopic (exact) mass is 191 g/mol. The molecule has 0 amide bonds. The number of nitriles is 1. The van der Waals surface area contributed by atoms with Gasteiger partial charge in [-0.15, -0.1) is 0 Å². The normalized spacial score (nSPS) is 11.8. The predicted molar refractivity (Wildman–Crippen MR) is 53.7 cm³/mol. The first-order valence-corrected chi connectivity index (χ1v) is 4.50. The summed E-state index contributed by atoms with van der Waals surface area (Å²) in [4.78, 5) is 4.06. The first-order valence-electron chi connectivity index (χ1n) is 4.50. The van der Waals surface area contributed by atoms with Crippen LogP contribution in [0.4, 0.5) is 5.82 Å². The lowest BCUT2D eigenvalue weighted by Crippen LogP contribution is -2.17. The number of aromatic nitrogens is 1. The third-order valence-corrected chi connectivity index (χ3v) is 1.85. The zero-order valence-electron chi connectivity index (χ0n) is 8.07. The molecule has 0 saturated carbocycles. The summed E-state index contributed by atoms with van der Waals surface area (Å²) in [6, 6.07) is 5.65. The molecule has 0 aromatic carbocycles. The maximum absolute atomic E-state index is 8.69. The van der Waals surface area contributed by atoms with Crippen LogP contribution in [-0.2, 0) is 0 Å². The van der Waals surface area contributed by atoms with Gasteiger partial charge in [-0.3, -0.25) is 0 Å². The number of rotatable bonds is 4. The Hall–Kier alpha value is -1.60. The van der Waals surface area contributed by atoms with Gasteiger partial charge in [0.1, 0.15) is 11.9 Å². The highest BCUT2D eigenvalue weighted by molar-refractivity contribution is 5.39. The number of aliphatic hydroxyl groups excluding tert-OH is 1. The third kappa shape index (κ3) is 3.04. The zero-order chi connectivity index (χ0) is 10.4. The molecule has 0 aliphatic carbocycles. The van der Waals surface area contributed by atoms with Gasteiger partial charge in [0.05, 0.1) is 5.56 Å². The van der Waals surface area contributed by atoms with Crippen LogP contribution in [0.2, 0.25) is 0 Å². The molecule has 0 aliphatic heterocycles. The van der Waals surface area contributed by atoms with Crippen molar-refractivity contribution in [2.24, 2.45) is 0 Å². The van der Waals surface area contributed by atoms with Crippen molar-refractivity contribution in [2.75, 3.05) is 11.9 Å². The summed E-state index contributed by atoms with van der Waals surface area (Å²) in [5.41, 5.74) is 0.547. The van der Waals surface area contributed by atoms with Crippen molar-refractivity contribution in [2.45, 2.75) is 19.4 Å². The molecule has 0 aliphatic rings. The quantitative estimate of drug-likeness (QED) is 0.748. The van der Waals surface area contributed by atoms with Gasteiger partial charge >= 0.3 is 0 Å². The first kappa shape index (κ1) is 10.5. The van der Waals surface area contributed by atoms with Crippen LogP contribution in [0, 0.1) is 11.3 Å². The lowest BCUT2D eigenvalue weighted by molar-refractivity contribution is 0.282. The smallest absolute Gasteiger partial charge is 0.126 e. The fraction of sp³-hybridized carbons (Fsp3) is 0.400. The van der Waals surface area contributed by atoms with Crippen molar-refractivity contribution in [1.82, 2.24) is 4.98 Å². The van der Waals surface area contributed by atoms with Gasteiger partial charge in [0.25, 0.3) is 0 Å². The van der Waals surface area contributed by atoms with E-state index >= 15 is 0 Å². The lowest BCUT2D eigenvalue weighted by atomic mass is 10.2. The van der Waals surface area contributed by atoms with Crippen LogP contribution in [0.5, 0.6) is 0 Å². The second-order valence-corrected chi connectivity index (χ2v) is 3.10. The van der Waals surface area contributed by atoms with Crippen molar-refractivity contribution in [3.63, 3.8) is 0 Å². The van der Waals surface area contributed by atoms with Crippen LogP contribution >= 0.6 is 0 Å². The molecule has 2 N–H and O–H groups in total. The predicted octanol–water partition coefficient (Wildman–Crippen LogP) is 1.14. The molecule has 0 spiro atoms. The highest BCUT2D eigenvalue weighted by Crippen LogP contribution is 2.06. The minimum absolute atomic E-state index is 0.157. The molecule has 0 fully saturated rings. The van der Waals surface area contributed by atoms with Crippen molar-refractivity contribution in [3.8, 4) is 6.07 Å². The van der Waals surface area contributed by atoms with Gasteiger partial charge in [0.15, 0.2) is 0 Å². The van der Waals surface area contributed by atoms with Crippen molar-refractivity contribution >= 4 is 5.82 Å². The van der Waals surface area contributed by atoms with Crippen LogP contribution < -0.4 is 5.32 Å². The summed E-state index contributed by atoms with van der Waals surface area (Å²) in [7, 11) is 0. The van der Waals surface area contributed by atoms with Crippen LogP contribution in [-0.4, -0.2) is 22.7 Å². The van der Waals surface area contributed by atoms with Gasteiger partial charge in [-0.25, -0.2) is 4.98 Å². The van der Waals surface area contributed by atoms with Crippen LogP contribution in [0.1, 0.15) is 18.9 Å². The fourth-order valence-electron chi connectivity index (χ4n) is 1.06. The summed E-state index contributed by atoms with van der Waals surface area (Å²) in [5, 5.41) is 20.4. The number of nitrogens with zero attached hydrogens (tertiary/aromatic N) is 2. The Labute approximate surface area is 83.2 Å². The molecule has 4 heteroatoms. The van der Waals surface area contributed by atoms with E-state index in [2.05, 4.69) is 10.3 Å². The highest BCUT2D eigenvalue weighted by atomic mass is 16.3. The zero-order valence-corrected chi connectivity index (χ0v) is 8.07. The number of hydrogen-bond donors (Lipinski definition) is 2. The SMILES string of the molecule is CC(CCO)Nc1ccc(C#N)cn1. The van der Waals surface area contributed by atoms with Gasteiger partial charge in [-0.1, -0.05) is 0 Å². The molecule has 1 atom stereocenters. The minimum atomic E-state index is 0.157. The summed E-state index contributed by atoms with van der Waals surface area (Å²) in [5.74, 6) is 0.727. The van der Waals surface area contributed by atoms with Gasteiger partial charge < -0.3 is 10.4 Å². The molecule has 1 aromatic heterocycles. The van der Waals surface area contributed by atoms with Crippen molar-refractivity contribution in [3.05, 3.63) is 23.9 Å². The second kappa shape index (κ2) is 5.20. The summed E-state index contributed by atoms with van der Waals surface area (Å²) in [6.45, 7) is 2.13. The molecule has 1 rings (SSSR count). The van der Waals surface area contributed by atoms with E-state index in [0.717, 1.165) is 5.82 Å². The Kier molecular flexibility index (Phi) is 3.89. The molecule has 1 unspecified atom stereocenters. The van der Waals surface area contributed by atoms with E-state index in [0.29, 0.717) is 12.0 Å². The minimum Gasteiger partial charge on any atom is -0.396 e. The van der Waals surface area contributed by atoms with E-state index in [1.54, 1.807) is 12.1 Å².